The van der Waals surface area contributed by atoms with Crippen molar-refractivity contribution in [3.63, 3.8) is 0 Å². The summed E-state index contributed by atoms with van der Waals surface area (Å²) in [5.41, 5.74) is 1.62. The van der Waals surface area contributed by atoms with Crippen molar-refractivity contribution in [2.24, 2.45) is 5.92 Å². The van der Waals surface area contributed by atoms with Gasteiger partial charge in [-0.1, -0.05) is 13.0 Å². The Morgan fingerprint density at radius 2 is 2.04 bits per heavy atom. The number of benzene rings is 1. The van der Waals surface area contributed by atoms with Crippen molar-refractivity contribution in [1.82, 2.24) is 14.8 Å². The van der Waals surface area contributed by atoms with Crippen LogP contribution in [0.3, 0.4) is 0 Å². The number of nitrogens with zero attached hydrogens (tertiary/aromatic N) is 3. The Balaban J connectivity index is 1.47. The summed E-state index contributed by atoms with van der Waals surface area (Å²) in [6.45, 7) is 6.26. The Morgan fingerprint density at radius 3 is 2.67 bits per heavy atom. The number of carbonyl (C=O) groups is 1. The zero-order chi connectivity index (χ0) is 19.2. The molecule has 0 radical (unpaired) electrons. The first-order valence-electron chi connectivity index (χ1n) is 9.31. The van der Waals surface area contributed by atoms with Crippen molar-refractivity contribution in [3.05, 3.63) is 59.7 Å². The third kappa shape index (κ3) is 5.04. The van der Waals surface area contributed by atoms with E-state index in [1.54, 1.807) is 36.7 Å². The number of ether oxygens (including phenoxy) is 1. The summed E-state index contributed by atoms with van der Waals surface area (Å²) in [6, 6.07) is 8.74. The number of carbonyl (C=O) groups excluding carboxylic acids is 1. The number of hydrogen-bond donors (Lipinski definition) is 0. The number of hydrogen-bond acceptors (Lipinski definition) is 4. The molecular formula is C21H26FN3O2. The van der Waals surface area contributed by atoms with E-state index < -0.39 is 0 Å². The van der Waals surface area contributed by atoms with E-state index >= 15 is 0 Å². The Hall–Kier alpha value is -2.47. The molecule has 6 heteroatoms. The van der Waals surface area contributed by atoms with Gasteiger partial charge in [-0.25, -0.2) is 4.39 Å². The molecule has 1 saturated heterocycles. The zero-order valence-electron chi connectivity index (χ0n) is 15.9. The lowest BCUT2D eigenvalue weighted by Crippen LogP contribution is -2.49. The highest BCUT2D eigenvalue weighted by Gasteiger charge is 2.23. The first-order chi connectivity index (χ1) is 13.1. The zero-order valence-corrected chi connectivity index (χ0v) is 15.9. The molecule has 1 atom stereocenters. The predicted molar refractivity (Wildman–Crippen MR) is 102 cm³/mol. The van der Waals surface area contributed by atoms with Gasteiger partial charge in [-0.05, 0) is 42.2 Å². The highest BCUT2D eigenvalue weighted by atomic mass is 19.1. The van der Waals surface area contributed by atoms with Gasteiger partial charge in [0.05, 0.1) is 12.7 Å². The topological polar surface area (TPSA) is 45.7 Å². The monoisotopic (exact) mass is 371 g/mol. The molecule has 0 unspecified atom stereocenters. The highest BCUT2D eigenvalue weighted by molar-refractivity contribution is 5.93. The van der Waals surface area contributed by atoms with E-state index in [1.165, 1.54) is 7.11 Å². The number of amides is 1. The third-order valence-electron chi connectivity index (χ3n) is 4.94. The SMILES string of the molecule is COc1ccc(C[C@H](C)CN2CCN(C(=O)c3cccnc3)CC2)cc1F. The average molecular weight is 371 g/mol. The van der Waals surface area contributed by atoms with Crippen LogP contribution in [0.25, 0.3) is 0 Å². The Kier molecular flexibility index (Phi) is 6.40. The Bertz CT molecular complexity index is 761. The number of aromatic nitrogens is 1. The molecule has 1 aromatic carbocycles. The van der Waals surface area contributed by atoms with E-state index in [4.69, 9.17) is 4.74 Å². The van der Waals surface area contributed by atoms with Gasteiger partial charge in [-0.2, -0.15) is 0 Å². The summed E-state index contributed by atoms with van der Waals surface area (Å²) in [5.74, 6) is 0.411. The maximum absolute atomic E-state index is 13.8. The smallest absolute Gasteiger partial charge is 0.255 e. The van der Waals surface area contributed by atoms with E-state index in [2.05, 4.69) is 16.8 Å². The van der Waals surface area contributed by atoms with Crippen LogP contribution < -0.4 is 4.74 Å². The maximum atomic E-state index is 13.8. The second-order valence-corrected chi connectivity index (χ2v) is 7.11. The van der Waals surface area contributed by atoms with Gasteiger partial charge in [0, 0.05) is 45.1 Å². The summed E-state index contributed by atoms with van der Waals surface area (Å²) < 4.78 is 18.8. The van der Waals surface area contributed by atoms with Gasteiger partial charge in [0.2, 0.25) is 0 Å². The van der Waals surface area contributed by atoms with E-state index in [0.29, 0.717) is 11.5 Å². The van der Waals surface area contributed by atoms with Gasteiger partial charge in [-0.3, -0.25) is 14.7 Å². The van der Waals surface area contributed by atoms with Gasteiger partial charge in [-0.15, -0.1) is 0 Å². The van der Waals surface area contributed by atoms with Gasteiger partial charge < -0.3 is 9.64 Å². The van der Waals surface area contributed by atoms with Crippen molar-refractivity contribution < 1.29 is 13.9 Å². The van der Waals surface area contributed by atoms with Crippen molar-refractivity contribution in [1.29, 1.82) is 0 Å². The number of halogens is 1. The Morgan fingerprint density at radius 1 is 1.26 bits per heavy atom. The van der Waals surface area contributed by atoms with Crippen LogP contribution in [0, 0.1) is 11.7 Å². The summed E-state index contributed by atoms with van der Waals surface area (Å²) in [7, 11) is 1.47. The molecule has 3 rings (SSSR count). The molecule has 5 nitrogen and oxygen atoms in total. The minimum atomic E-state index is -0.315. The van der Waals surface area contributed by atoms with Crippen LogP contribution in [0.1, 0.15) is 22.8 Å². The number of pyridine rings is 1. The Labute approximate surface area is 159 Å². The van der Waals surface area contributed by atoms with E-state index in [0.717, 1.165) is 44.7 Å². The summed E-state index contributed by atoms with van der Waals surface area (Å²) >= 11 is 0. The second-order valence-electron chi connectivity index (χ2n) is 7.11. The predicted octanol–water partition coefficient (Wildman–Crippen LogP) is 2.87. The highest BCUT2D eigenvalue weighted by Crippen LogP contribution is 2.20. The van der Waals surface area contributed by atoms with Crippen LogP contribution in [-0.4, -0.2) is 60.5 Å². The van der Waals surface area contributed by atoms with Crippen LogP contribution in [0.2, 0.25) is 0 Å². The third-order valence-corrected chi connectivity index (χ3v) is 4.94. The van der Waals surface area contributed by atoms with Crippen LogP contribution in [0.5, 0.6) is 5.75 Å². The normalized spacial score (nSPS) is 16.2. The fourth-order valence-corrected chi connectivity index (χ4v) is 3.55. The second kappa shape index (κ2) is 8.95. The van der Waals surface area contributed by atoms with Gasteiger partial charge in [0.25, 0.3) is 5.91 Å². The summed E-state index contributed by atoms with van der Waals surface area (Å²) in [5, 5.41) is 0. The molecule has 0 saturated carbocycles. The molecule has 0 aliphatic carbocycles. The van der Waals surface area contributed by atoms with Crippen LogP contribution in [-0.2, 0) is 6.42 Å². The maximum Gasteiger partial charge on any atom is 0.255 e. The summed E-state index contributed by atoms with van der Waals surface area (Å²) in [4.78, 5) is 20.8. The van der Waals surface area contributed by atoms with E-state index in [9.17, 15) is 9.18 Å². The van der Waals surface area contributed by atoms with Gasteiger partial charge in [0.15, 0.2) is 11.6 Å². The molecule has 0 bridgehead atoms. The molecular weight excluding hydrogens is 345 g/mol. The van der Waals surface area contributed by atoms with Gasteiger partial charge in [0.1, 0.15) is 0 Å². The van der Waals surface area contributed by atoms with Crippen molar-refractivity contribution in [2.75, 3.05) is 39.8 Å². The molecule has 2 aromatic rings. The van der Waals surface area contributed by atoms with Crippen molar-refractivity contribution in [3.8, 4) is 5.75 Å². The number of methoxy groups -OCH3 is 1. The average Bonchev–Trinajstić information content (AvgIpc) is 2.69. The lowest BCUT2D eigenvalue weighted by Gasteiger charge is -2.36. The minimum absolute atomic E-state index is 0.0458. The van der Waals surface area contributed by atoms with Crippen molar-refractivity contribution >= 4 is 5.91 Å². The lowest BCUT2D eigenvalue weighted by molar-refractivity contribution is 0.0620. The first kappa shape index (κ1) is 19.3. The standard InChI is InChI=1S/C21H26FN3O2/c1-16(12-17-5-6-20(27-2)19(22)13-17)15-24-8-10-25(11-9-24)21(26)18-4-3-7-23-14-18/h3-7,13-14,16H,8-12,15H2,1-2H3/t16-/m0/s1. The number of piperazine rings is 1. The van der Waals surface area contributed by atoms with E-state index in [1.807, 2.05) is 11.0 Å². The summed E-state index contributed by atoms with van der Waals surface area (Å²) in [6.07, 6.45) is 4.10. The molecule has 2 heterocycles. The number of rotatable bonds is 6. The van der Waals surface area contributed by atoms with Gasteiger partial charge >= 0.3 is 0 Å². The molecule has 1 amide bonds. The molecule has 1 aliphatic heterocycles. The first-order valence-corrected chi connectivity index (χ1v) is 9.31. The fourth-order valence-electron chi connectivity index (χ4n) is 3.55. The molecule has 0 spiro atoms. The molecule has 27 heavy (non-hydrogen) atoms. The quantitative estimate of drug-likeness (QED) is 0.783. The molecule has 1 aromatic heterocycles. The molecule has 1 aliphatic rings. The van der Waals surface area contributed by atoms with Crippen LogP contribution in [0.15, 0.2) is 42.7 Å². The van der Waals surface area contributed by atoms with E-state index in [-0.39, 0.29) is 17.5 Å². The molecule has 144 valence electrons. The fraction of sp³-hybridized carbons (Fsp3) is 0.429. The molecule has 1 fully saturated rings. The lowest BCUT2D eigenvalue weighted by atomic mass is 10.00. The van der Waals surface area contributed by atoms with Crippen molar-refractivity contribution in [2.45, 2.75) is 13.3 Å². The molecule has 0 N–H and O–H groups in total. The van der Waals surface area contributed by atoms with Crippen LogP contribution in [0.4, 0.5) is 4.39 Å². The minimum Gasteiger partial charge on any atom is -0.494 e. The largest absolute Gasteiger partial charge is 0.494 e. The van der Waals surface area contributed by atoms with Crippen LogP contribution >= 0.6 is 0 Å².